The van der Waals surface area contributed by atoms with Crippen molar-refractivity contribution in [3.8, 4) is 0 Å². The first-order chi connectivity index (χ1) is 10.3. The number of benzene rings is 1. The molecule has 1 unspecified atom stereocenters. The summed E-state index contributed by atoms with van der Waals surface area (Å²) >= 11 is 6.31. The third kappa shape index (κ3) is 4.32. The maximum atomic E-state index is 6.31. The first-order valence-electron chi connectivity index (χ1n) is 7.74. The van der Waals surface area contributed by atoms with Gasteiger partial charge in [0.2, 0.25) is 0 Å². The van der Waals surface area contributed by atoms with E-state index >= 15 is 0 Å². The number of aryl methyl sites for hydroxylation is 1. The van der Waals surface area contributed by atoms with Crippen LogP contribution in [-0.4, -0.2) is 16.1 Å². The van der Waals surface area contributed by atoms with Gasteiger partial charge in [-0.2, -0.15) is 0 Å². The Hall–Kier alpha value is -1.32. The summed E-state index contributed by atoms with van der Waals surface area (Å²) < 4.78 is 2.24. The van der Waals surface area contributed by atoms with E-state index in [9.17, 15) is 0 Å². The number of imidazole rings is 1. The lowest BCUT2D eigenvalue weighted by Crippen LogP contribution is -2.27. The summed E-state index contributed by atoms with van der Waals surface area (Å²) in [5.41, 5.74) is 1.17. The summed E-state index contributed by atoms with van der Waals surface area (Å²) in [7, 11) is 0. The first-order valence-corrected chi connectivity index (χ1v) is 8.11. The van der Waals surface area contributed by atoms with E-state index in [1.165, 1.54) is 5.56 Å². The molecule has 0 radical (unpaired) electrons. The van der Waals surface area contributed by atoms with Gasteiger partial charge in [-0.05, 0) is 37.4 Å². The van der Waals surface area contributed by atoms with Gasteiger partial charge >= 0.3 is 0 Å². The van der Waals surface area contributed by atoms with E-state index in [4.69, 9.17) is 11.6 Å². The number of aromatic nitrogens is 2. The quantitative estimate of drug-likeness (QED) is 0.791. The molecule has 0 aliphatic heterocycles. The molecule has 0 saturated carbocycles. The highest BCUT2D eigenvalue weighted by atomic mass is 35.5. The van der Waals surface area contributed by atoms with Gasteiger partial charge < -0.3 is 9.88 Å². The van der Waals surface area contributed by atoms with Crippen molar-refractivity contribution in [1.82, 2.24) is 14.9 Å². The zero-order valence-electron chi connectivity index (χ0n) is 12.8. The second-order valence-electron chi connectivity index (χ2n) is 5.28. The lowest BCUT2D eigenvalue weighted by atomic mass is 10.0. The summed E-state index contributed by atoms with van der Waals surface area (Å²) in [5.74, 6) is 1.10. The summed E-state index contributed by atoms with van der Waals surface area (Å²) in [5, 5.41) is 4.43. The molecule has 4 heteroatoms. The number of hydrogen-bond donors (Lipinski definition) is 1. The van der Waals surface area contributed by atoms with Crippen molar-refractivity contribution in [2.24, 2.45) is 0 Å². The van der Waals surface area contributed by atoms with E-state index in [-0.39, 0.29) is 6.04 Å². The van der Waals surface area contributed by atoms with Gasteiger partial charge in [0, 0.05) is 24.0 Å². The average molecular weight is 306 g/mol. The minimum Gasteiger partial charge on any atom is -0.334 e. The number of hydrogen-bond acceptors (Lipinski definition) is 2. The van der Waals surface area contributed by atoms with Gasteiger partial charge in [0.1, 0.15) is 5.82 Å². The minimum absolute atomic E-state index is 0.200. The highest BCUT2D eigenvalue weighted by molar-refractivity contribution is 6.31. The average Bonchev–Trinajstić information content (AvgIpc) is 2.94. The predicted octanol–water partition coefficient (Wildman–Crippen LogP) is 4.23. The maximum absolute atomic E-state index is 6.31. The van der Waals surface area contributed by atoms with Gasteiger partial charge in [-0.15, -0.1) is 0 Å². The second-order valence-corrected chi connectivity index (χ2v) is 5.69. The summed E-state index contributed by atoms with van der Waals surface area (Å²) in [6.07, 6.45) is 7.02. The Morgan fingerprint density at radius 2 is 2.05 bits per heavy atom. The number of rotatable bonds is 8. The molecule has 0 fully saturated rings. The molecule has 0 spiro atoms. The van der Waals surface area contributed by atoms with Crippen LogP contribution in [0.5, 0.6) is 0 Å². The van der Waals surface area contributed by atoms with Crippen molar-refractivity contribution in [3.05, 3.63) is 53.1 Å². The Morgan fingerprint density at radius 1 is 1.24 bits per heavy atom. The van der Waals surface area contributed by atoms with Crippen molar-refractivity contribution in [3.63, 3.8) is 0 Å². The van der Waals surface area contributed by atoms with E-state index in [1.807, 2.05) is 24.4 Å². The maximum Gasteiger partial charge on any atom is 0.126 e. The molecule has 2 aromatic rings. The van der Waals surface area contributed by atoms with Crippen molar-refractivity contribution in [2.45, 2.75) is 45.7 Å². The van der Waals surface area contributed by atoms with Gasteiger partial charge in [-0.3, -0.25) is 0 Å². The fourth-order valence-corrected chi connectivity index (χ4v) is 2.73. The van der Waals surface area contributed by atoms with Crippen LogP contribution in [0.3, 0.4) is 0 Å². The van der Waals surface area contributed by atoms with E-state index in [2.05, 4.69) is 41.0 Å². The molecular formula is C17H24ClN3. The number of nitrogens with zero attached hydrogens (tertiary/aromatic N) is 2. The van der Waals surface area contributed by atoms with Crippen LogP contribution in [0.25, 0.3) is 0 Å². The lowest BCUT2D eigenvalue weighted by molar-refractivity contribution is 0.476. The van der Waals surface area contributed by atoms with Gasteiger partial charge in [0.25, 0.3) is 0 Å². The SMILES string of the molecule is CCCNC(Cc1ccccc1Cl)c1nccn1CCC. The smallest absolute Gasteiger partial charge is 0.126 e. The van der Waals surface area contributed by atoms with Crippen molar-refractivity contribution in [2.75, 3.05) is 6.54 Å². The molecule has 1 aromatic heterocycles. The van der Waals surface area contributed by atoms with Crippen LogP contribution in [0.2, 0.25) is 5.02 Å². The van der Waals surface area contributed by atoms with Crippen LogP contribution >= 0.6 is 11.6 Å². The molecule has 2 rings (SSSR count). The molecule has 0 saturated heterocycles. The summed E-state index contributed by atoms with van der Waals surface area (Å²) in [6.45, 7) is 6.35. The van der Waals surface area contributed by atoms with Gasteiger partial charge in [-0.1, -0.05) is 43.6 Å². The zero-order chi connectivity index (χ0) is 15.1. The number of halogens is 1. The van der Waals surface area contributed by atoms with Gasteiger partial charge in [-0.25, -0.2) is 4.98 Å². The molecule has 0 aliphatic rings. The predicted molar refractivity (Wildman–Crippen MR) is 88.7 cm³/mol. The van der Waals surface area contributed by atoms with Crippen molar-refractivity contribution >= 4 is 11.6 Å². The fraction of sp³-hybridized carbons (Fsp3) is 0.471. The third-order valence-corrected chi connectivity index (χ3v) is 3.92. The molecule has 3 nitrogen and oxygen atoms in total. The minimum atomic E-state index is 0.200. The van der Waals surface area contributed by atoms with Crippen LogP contribution in [-0.2, 0) is 13.0 Å². The third-order valence-electron chi connectivity index (χ3n) is 3.55. The molecular weight excluding hydrogens is 282 g/mol. The number of nitrogens with one attached hydrogen (secondary N) is 1. The van der Waals surface area contributed by atoms with E-state index in [1.54, 1.807) is 0 Å². The van der Waals surface area contributed by atoms with Crippen molar-refractivity contribution in [1.29, 1.82) is 0 Å². The highest BCUT2D eigenvalue weighted by Crippen LogP contribution is 2.23. The Morgan fingerprint density at radius 3 is 2.76 bits per heavy atom. The van der Waals surface area contributed by atoms with Crippen LogP contribution in [0.15, 0.2) is 36.7 Å². The molecule has 0 aliphatic carbocycles. The molecule has 1 N–H and O–H groups in total. The zero-order valence-corrected chi connectivity index (χ0v) is 13.6. The highest BCUT2D eigenvalue weighted by Gasteiger charge is 2.17. The Bertz CT molecular complexity index is 550. The summed E-state index contributed by atoms with van der Waals surface area (Å²) in [6, 6.07) is 8.25. The van der Waals surface area contributed by atoms with Crippen LogP contribution in [0.1, 0.15) is 44.1 Å². The topological polar surface area (TPSA) is 29.9 Å². The second kappa shape index (κ2) is 8.20. The largest absolute Gasteiger partial charge is 0.334 e. The van der Waals surface area contributed by atoms with Gasteiger partial charge in [0.05, 0.1) is 6.04 Å². The molecule has 0 bridgehead atoms. The first kappa shape index (κ1) is 16.1. The lowest BCUT2D eigenvalue weighted by Gasteiger charge is -2.20. The Kier molecular flexibility index (Phi) is 6.27. The van der Waals surface area contributed by atoms with Crippen LogP contribution in [0, 0.1) is 0 Å². The molecule has 21 heavy (non-hydrogen) atoms. The normalized spacial score (nSPS) is 12.5. The molecule has 1 atom stereocenters. The Balaban J connectivity index is 2.21. The van der Waals surface area contributed by atoms with Crippen LogP contribution in [0.4, 0.5) is 0 Å². The summed E-state index contributed by atoms with van der Waals surface area (Å²) in [4.78, 5) is 4.57. The Labute approximate surface area is 132 Å². The molecule has 1 aromatic carbocycles. The van der Waals surface area contributed by atoms with E-state index in [0.717, 1.165) is 43.2 Å². The van der Waals surface area contributed by atoms with E-state index in [0.29, 0.717) is 0 Å². The standard InChI is InChI=1S/C17H24ClN3/c1-3-9-19-16(13-14-7-5-6-8-15(14)18)17-20-10-12-21(17)11-4-2/h5-8,10,12,16,19H,3-4,9,11,13H2,1-2H3. The van der Waals surface area contributed by atoms with Gasteiger partial charge in [0.15, 0.2) is 0 Å². The van der Waals surface area contributed by atoms with E-state index < -0.39 is 0 Å². The molecule has 114 valence electrons. The van der Waals surface area contributed by atoms with Crippen molar-refractivity contribution < 1.29 is 0 Å². The molecule has 0 amide bonds. The van der Waals surface area contributed by atoms with Crippen LogP contribution < -0.4 is 5.32 Å². The monoisotopic (exact) mass is 305 g/mol. The molecule has 1 heterocycles. The fourth-order valence-electron chi connectivity index (χ4n) is 2.52.